The minimum atomic E-state index is -3.80. The Morgan fingerprint density at radius 1 is 1.12 bits per heavy atom. The number of aryl methyl sites for hydroxylation is 1. The first kappa shape index (κ1) is 18.1. The fourth-order valence-electron chi connectivity index (χ4n) is 2.91. The van der Waals surface area contributed by atoms with Gasteiger partial charge in [0.15, 0.2) is 5.78 Å². The number of benzene rings is 2. The molecule has 2 aromatic carbocycles. The molecule has 0 bridgehead atoms. The van der Waals surface area contributed by atoms with Gasteiger partial charge < -0.3 is 4.74 Å². The lowest BCUT2D eigenvalue weighted by molar-refractivity contribution is -0.120. The number of hydrogen-bond acceptors (Lipinski definition) is 5. The van der Waals surface area contributed by atoms with Crippen molar-refractivity contribution in [1.82, 2.24) is 0 Å². The van der Waals surface area contributed by atoms with E-state index in [9.17, 15) is 18.0 Å². The number of esters is 1. The van der Waals surface area contributed by atoms with Gasteiger partial charge >= 0.3 is 5.97 Å². The van der Waals surface area contributed by atoms with E-state index in [1.54, 1.807) is 6.07 Å². The highest BCUT2D eigenvalue weighted by Gasteiger charge is 2.29. The summed E-state index contributed by atoms with van der Waals surface area (Å²) in [5.41, 5.74) is 1.75. The van der Waals surface area contributed by atoms with Crippen LogP contribution in [0.3, 0.4) is 0 Å². The molecule has 0 saturated heterocycles. The Kier molecular flexibility index (Phi) is 5.08. The number of carbonyl (C=O) groups excluding carboxylic acids is 2. The molecule has 0 fully saturated rings. The molecule has 0 radical (unpaired) electrons. The van der Waals surface area contributed by atoms with Gasteiger partial charge in [0.25, 0.3) is 10.0 Å². The number of sulfonamides is 1. The molecule has 3 rings (SSSR count). The van der Waals surface area contributed by atoms with Gasteiger partial charge in [-0.3, -0.25) is 9.10 Å². The molecule has 26 heavy (non-hydrogen) atoms. The molecule has 1 heterocycles. The van der Waals surface area contributed by atoms with Crippen molar-refractivity contribution < 1.29 is 22.7 Å². The number of Topliss-reactive ketones (excluding diaryl/α,β-unsaturated/α-hetero) is 1. The van der Waals surface area contributed by atoms with Crippen molar-refractivity contribution in [3.63, 3.8) is 0 Å². The maximum absolute atomic E-state index is 13.1. The monoisotopic (exact) mass is 373 g/mol. The second-order valence-electron chi connectivity index (χ2n) is 6.12. The molecular formula is C19H19NO5S. The van der Waals surface area contributed by atoms with E-state index in [1.165, 1.54) is 35.5 Å². The average Bonchev–Trinajstić information content (AvgIpc) is 2.65. The number of hydrogen-bond donors (Lipinski definition) is 0. The van der Waals surface area contributed by atoms with Crippen LogP contribution in [0.25, 0.3) is 0 Å². The topological polar surface area (TPSA) is 80.8 Å². The van der Waals surface area contributed by atoms with E-state index >= 15 is 0 Å². The number of rotatable bonds is 5. The van der Waals surface area contributed by atoms with Gasteiger partial charge in [0.2, 0.25) is 0 Å². The van der Waals surface area contributed by atoms with Crippen molar-refractivity contribution in [2.24, 2.45) is 0 Å². The van der Waals surface area contributed by atoms with Crippen molar-refractivity contribution in [2.45, 2.75) is 24.7 Å². The summed E-state index contributed by atoms with van der Waals surface area (Å²) < 4.78 is 32.5. The lowest BCUT2D eigenvalue weighted by Gasteiger charge is -2.30. The lowest BCUT2D eigenvalue weighted by atomic mass is 10.0. The number of fused-ring (bicyclic) bond motifs is 1. The molecule has 0 aromatic heterocycles. The normalized spacial score (nSPS) is 13.8. The Bertz CT molecular complexity index is 952. The van der Waals surface area contributed by atoms with Gasteiger partial charge in [0.1, 0.15) is 6.61 Å². The standard InChI is InChI=1S/C19H19NO5S/c1-14(21)13-25-19(22)16-7-4-9-17(12-16)26(23,24)20-11-5-8-15-6-2-3-10-18(15)20/h2-4,6-7,9-10,12H,5,8,11,13H2,1H3. The molecule has 0 unspecified atom stereocenters. The van der Waals surface area contributed by atoms with Crippen LogP contribution in [0.5, 0.6) is 0 Å². The quantitative estimate of drug-likeness (QED) is 0.753. The summed E-state index contributed by atoms with van der Waals surface area (Å²) in [6.45, 7) is 1.36. The van der Waals surface area contributed by atoms with E-state index in [0.717, 1.165) is 18.4 Å². The zero-order valence-electron chi connectivity index (χ0n) is 14.3. The van der Waals surface area contributed by atoms with E-state index in [0.29, 0.717) is 12.2 Å². The predicted molar refractivity (Wildman–Crippen MR) is 96.7 cm³/mol. The molecule has 7 heteroatoms. The molecular weight excluding hydrogens is 354 g/mol. The van der Waals surface area contributed by atoms with E-state index in [2.05, 4.69) is 0 Å². The largest absolute Gasteiger partial charge is 0.454 e. The first-order chi connectivity index (χ1) is 12.4. The first-order valence-corrected chi connectivity index (χ1v) is 9.71. The highest BCUT2D eigenvalue weighted by molar-refractivity contribution is 7.92. The number of anilines is 1. The van der Waals surface area contributed by atoms with Gasteiger partial charge in [-0.05, 0) is 49.6 Å². The van der Waals surface area contributed by atoms with E-state index in [1.807, 2.05) is 18.2 Å². The molecule has 0 aliphatic carbocycles. The minimum Gasteiger partial charge on any atom is -0.454 e. The third kappa shape index (κ3) is 3.62. The van der Waals surface area contributed by atoms with Gasteiger partial charge in [-0.25, -0.2) is 13.2 Å². The summed E-state index contributed by atoms with van der Waals surface area (Å²) in [6, 6.07) is 13.1. The number of ketones is 1. The van der Waals surface area contributed by atoms with Crippen LogP contribution in [0.2, 0.25) is 0 Å². The number of para-hydroxylation sites is 1. The Morgan fingerprint density at radius 2 is 1.88 bits per heavy atom. The zero-order valence-corrected chi connectivity index (χ0v) is 15.2. The van der Waals surface area contributed by atoms with Crippen molar-refractivity contribution in [2.75, 3.05) is 17.5 Å². The van der Waals surface area contributed by atoms with Crippen LogP contribution in [0.1, 0.15) is 29.3 Å². The molecule has 0 atom stereocenters. The summed E-state index contributed by atoms with van der Waals surface area (Å²) in [4.78, 5) is 23.0. The number of ether oxygens (including phenoxy) is 1. The Hall–Kier alpha value is -2.67. The van der Waals surface area contributed by atoms with Crippen molar-refractivity contribution in [3.05, 3.63) is 59.7 Å². The molecule has 1 aliphatic heterocycles. The Labute approximate surface area is 152 Å². The second-order valence-corrected chi connectivity index (χ2v) is 7.98. The molecule has 6 nitrogen and oxygen atoms in total. The molecule has 136 valence electrons. The highest BCUT2D eigenvalue weighted by atomic mass is 32.2. The van der Waals surface area contributed by atoms with E-state index < -0.39 is 16.0 Å². The van der Waals surface area contributed by atoms with Crippen LogP contribution < -0.4 is 4.31 Å². The Morgan fingerprint density at radius 3 is 2.65 bits per heavy atom. The van der Waals surface area contributed by atoms with Crippen molar-refractivity contribution >= 4 is 27.5 Å². The SMILES string of the molecule is CC(=O)COC(=O)c1cccc(S(=O)(=O)N2CCCc3ccccc32)c1. The number of carbonyl (C=O) groups is 2. The zero-order chi connectivity index (χ0) is 18.7. The fourth-order valence-corrected chi connectivity index (χ4v) is 4.50. The summed E-state index contributed by atoms with van der Waals surface area (Å²) >= 11 is 0. The molecule has 2 aromatic rings. The third-order valence-corrected chi connectivity index (χ3v) is 5.94. The first-order valence-electron chi connectivity index (χ1n) is 8.27. The van der Waals surface area contributed by atoms with Gasteiger partial charge in [-0.2, -0.15) is 0 Å². The van der Waals surface area contributed by atoms with Crippen LogP contribution in [0.4, 0.5) is 5.69 Å². The Balaban J connectivity index is 1.93. The smallest absolute Gasteiger partial charge is 0.338 e. The summed E-state index contributed by atoms with van der Waals surface area (Å²) in [5.74, 6) is -1.01. The van der Waals surface area contributed by atoms with Gasteiger partial charge in [0.05, 0.1) is 16.1 Å². The van der Waals surface area contributed by atoms with E-state index in [-0.39, 0.29) is 22.8 Å². The maximum Gasteiger partial charge on any atom is 0.338 e. The summed E-state index contributed by atoms with van der Waals surface area (Å²) in [6.07, 6.45) is 1.57. The van der Waals surface area contributed by atoms with Crippen LogP contribution in [-0.4, -0.2) is 33.3 Å². The van der Waals surface area contributed by atoms with Crippen LogP contribution in [0, 0.1) is 0 Å². The molecule has 0 spiro atoms. The minimum absolute atomic E-state index is 0.0199. The molecule has 0 saturated carbocycles. The lowest BCUT2D eigenvalue weighted by Crippen LogP contribution is -2.35. The van der Waals surface area contributed by atoms with Gasteiger partial charge in [0, 0.05) is 6.54 Å². The fraction of sp³-hybridized carbons (Fsp3) is 0.263. The number of nitrogens with zero attached hydrogens (tertiary/aromatic N) is 1. The van der Waals surface area contributed by atoms with Gasteiger partial charge in [-0.1, -0.05) is 24.3 Å². The van der Waals surface area contributed by atoms with Crippen LogP contribution in [-0.2, 0) is 26.0 Å². The van der Waals surface area contributed by atoms with Crippen molar-refractivity contribution in [1.29, 1.82) is 0 Å². The second kappa shape index (κ2) is 7.29. The molecule has 0 amide bonds. The average molecular weight is 373 g/mol. The third-order valence-electron chi connectivity index (χ3n) is 4.13. The van der Waals surface area contributed by atoms with Crippen LogP contribution in [0.15, 0.2) is 53.4 Å². The van der Waals surface area contributed by atoms with Crippen molar-refractivity contribution in [3.8, 4) is 0 Å². The predicted octanol–water partition coefficient (Wildman–Crippen LogP) is 2.57. The molecule has 1 aliphatic rings. The van der Waals surface area contributed by atoms with Crippen LogP contribution >= 0.6 is 0 Å². The summed E-state index contributed by atoms with van der Waals surface area (Å²) in [7, 11) is -3.80. The summed E-state index contributed by atoms with van der Waals surface area (Å²) in [5, 5.41) is 0. The van der Waals surface area contributed by atoms with Gasteiger partial charge in [-0.15, -0.1) is 0 Å². The highest BCUT2D eigenvalue weighted by Crippen LogP contribution is 2.31. The molecule has 0 N–H and O–H groups in total. The maximum atomic E-state index is 13.1. The van der Waals surface area contributed by atoms with E-state index in [4.69, 9.17) is 4.74 Å².